The number of amides is 2. The minimum atomic E-state index is -3.18. The number of nitrogens with one attached hydrogen (secondary N) is 2. The van der Waals surface area contributed by atoms with Crippen LogP contribution in [0.3, 0.4) is 0 Å². The summed E-state index contributed by atoms with van der Waals surface area (Å²) in [6.45, 7) is -0.129. The van der Waals surface area contributed by atoms with Gasteiger partial charge in [-0.3, -0.25) is 9.59 Å². The van der Waals surface area contributed by atoms with E-state index in [1.54, 1.807) is 24.3 Å². The van der Waals surface area contributed by atoms with Crippen molar-refractivity contribution in [3.05, 3.63) is 29.8 Å². The summed E-state index contributed by atoms with van der Waals surface area (Å²) in [5.74, 6) is -0.273. The Bertz CT molecular complexity index is 710. The van der Waals surface area contributed by atoms with E-state index in [4.69, 9.17) is 4.74 Å². The molecule has 0 aromatic heterocycles. The van der Waals surface area contributed by atoms with Gasteiger partial charge in [0.1, 0.15) is 5.75 Å². The van der Waals surface area contributed by atoms with Crippen LogP contribution in [0.15, 0.2) is 24.3 Å². The summed E-state index contributed by atoms with van der Waals surface area (Å²) in [6, 6.07) is 6.56. The van der Waals surface area contributed by atoms with E-state index in [0.29, 0.717) is 24.2 Å². The average Bonchev–Trinajstić information content (AvgIpc) is 3.31. The Morgan fingerprint density at radius 3 is 2.52 bits per heavy atom. The smallest absolute Gasteiger partial charge is 0.251 e. The van der Waals surface area contributed by atoms with Gasteiger partial charge in [0.15, 0.2) is 9.84 Å². The Morgan fingerprint density at radius 1 is 1.26 bits per heavy atom. The van der Waals surface area contributed by atoms with E-state index in [9.17, 15) is 18.0 Å². The van der Waals surface area contributed by atoms with Crippen LogP contribution >= 0.6 is 0 Å². The zero-order valence-electron chi connectivity index (χ0n) is 13.1. The molecule has 0 heterocycles. The zero-order valence-corrected chi connectivity index (χ0v) is 13.9. The van der Waals surface area contributed by atoms with Gasteiger partial charge in [0.25, 0.3) is 5.91 Å². The van der Waals surface area contributed by atoms with Gasteiger partial charge in [0, 0.05) is 18.4 Å². The van der Waals surface area contributed by atoms with E-state index >= 15 is 0 Å². The van der Waals surface area contributed by atoms with E-state index in [2.05, 4.69) is 10.6 Å². The molecule has 1 aliphatic carbocycles. The van der Waals surface area contributed by atoms with Crippen LogP contribution in [0.4, 0.5) is 0 Å². The van der Waals surface area contributed by atoms with Crippen LogP contribution in [0.5, 0.6) is 5.75 Å². The Kier molecular flexibility index (Phi) is 4.93. The van der Waals surface area contributed by atoms with Crippen LogP contribution in [0, 0.1) is 0 Å². The lowest BCUT2D eigenvalue weighted by Gasteiger charge is -2.14. The maximum atomic E-state index is 11.9. The molecule has 0 radical (unpaired) electrons. The number of rotatable bonds is 7. The first-order valence-electron chi connectivity index (χ1n) is 7.16. The number of ether oxygens (including phenoxy) is 1. The minimum Gasteiger partial charge on any atom is -0.497 e. The molecule has 1 fully saturated rings. The SMILES string of the molecule is COc1cccc(C(=O)NCC(=O)NCC2(S(C)(=O)=O)CC2)c1. The average molecular weight is 340 g/mol. The first-order chi connectivity index (χ1) is 10.8. The van der Waals surface area contributed by atoms with Crippen molar-refractivity contribution in [3.8, 4) is 5.75 Å². The Hall–Kier alpha value is -2.09. The third-order valence-corrected chi connectivity index (χ3v) is 6.07. The second-order valence-corrected chi connectivity index (χ2v) is 8.06. The summed E-state index contributed by atoms with van der Waals surface area (Å²) in [5.41, 5.74) is 0.381. The van der Waals surface area contributed by atoms with Crippen molar-refractivity contribution in [2.24, 2.45) is 0 Å². The number of hydrogen-bond acceptors (Lipinski definition) is 5. The number of hydrogen-bond donors (Lipinski definition) is 2. The van der Waals surface area contributed by atoms with E-state index in [1.807, 2.05) is 0 Å². The standard InChI is InChI=1S/C15H20N2O5S/c1-22-12-5-3-4-11(8-12)14(19)16-9-13(18)17-10-15(6-7-15)23(2,20)21/h3-5,8H,6-7,9-10H2,1-2H3,(H,16,19)(H,17,18). The molecule has 0 atom stereocenters. The molecule has 1 aromatic carbocycles. The Morgan fingerprint density at radius 2 is 1.96 bits per heavy atom. The third kappa shape index (κ3) is 4.22. The molecule has 1 saturated carbocycles. The maximum absolute atomic E-state index is 11.9. The van der Waals surface area contributed by atoms with E-state index in [0.717, 1.165) is 0 Å². The quantitative estimate of drug-likeness (QED) is 0.734. The second kappa shape index (κ2) is 6.57. The highest BCUT2D eigenvalue weighted by Gasteiger charge is 2.52. The van der Waals surface area contributed by atoms with Crippen molar-refractivity contribution in [2.45, 2.75) is 17.6 Å². The Labute approximate surface area is 135 Å². The van der Waals surface area contributed by atoms with Crippen molar-refractivity contribution in [1.29, 1.82) is 0 Å². The summed E-state index contributed by atoms with van der Waals surface area (Å²) in [5, 5.41) is 5.05. The monoisotopic (exact) mass is 340 g/mol. The highest BCUT2D eigenvalue weighted by molar-refractivity contribution is 7.92. The summed E-state index contributed by atoms with van der Waals surface area (Å²) in [4.78, 5) is 23.7. The summed E-state index contributed by atoms with van der Waals surface area (Å²) in [7, 11) is -1.68. The molecule has 1 aromatic rings. The molecule has 0 spiro atoms. The fraction of sp³-hybridized carbons (Fsp3) is 0.467. The molecule has 0 bridgehead atoms. The van der Waals surface area contributed by atoms with Gasteiger partial charge in [0.2, 0.25) is 5.91 Å². The van der Waals surface area contributed by atoms with E-state index in [-0.39, 0.29) is 13.1 Å². The molecule has 0 aliphatic heterocycles. The molecular weight excluding hydrogens is 320 g/mol. The molecule has 0 saturated heterocycles. The Balaban J connectivity index is 1.81. The largest absolute Gasteiger partial charge is 0.497 e. The van der Waals surface area contributed by atoms with Crippen molar-refractivity contribution in [2.75, 3.05) is 26.5 Å². The van der Waals surface area contributed by atoms with Crippen molar-refractivity contribution < 1.29 is 22.7 Å². The van der Waals surface area contributed by atoms with Crippen molar-refractivity contribution in [1.82, 2.24) is 10.6 Å². The molecule has 2 N–H and O–H groups in total. The zero-order chi connectivity index (χ0) is 17.1. The van der Waals surface area contributed by atoms with Gasteiger partial charge in [-0.15, -0.1) is 0 Å². The van der Waals surface area contributed by atoms with Crippen LogP contribution in [0.2, 0.25) is 0 Å². The number of carbonyl (C=O) groups excluding carboxylic acids is 2. The lowest BCUT2D eigenvalue weighted by molar-refractivity contribution is -0.120. The molecule has 8 heteroatoms. The van der Waals surface area contributed by atoms with Gasteiger partial charge in [0.05, 0.1) is 18.4 Å². The van der Waals surface area contributed by atoms with Crippen molar-refractivity contribution in [3.63, 3.8) is 0 Å². The fourth-order valence-corrected chi connectivity index (χ4v) is 3.35. The first kappa shape index (κ1) is 17.3. The third-order valence-electron chi connectivity index (χ3n) is 3.94. The van der Waals surface area contributed by atoms with E-state index in [1.165, 1.54) is 13.4 Å². The molecule has 0 unspecified atom stereocenters. The predicted octanol–water partition coefficient (Wildman–Crippen LogP) is 0.118. The topological polar surface area (TPSA) is 102 Å². The van der Waals surface area contributed by atoms with Crippen LogP contribution in [-0.4, -0.2) is 51.4 Å². The van der Waals surface area contributed by atoms with Crippen LogP contribution in [0.25, 0.3) is 0 Å². The lowest BCUT2D eigenvalue weighted by Crippen LogP contribution is -2.42. The number of sulfone groups is 1. The van der Waals surface area contributed by atoms with Crippen LogP contribution < -0.4 is 15.4 Å². The second-order valence-electron chi connectivity index (χ2n) is 5.65. The highest BCUT2D eigenvalue weighted by atomic mass is 32.2. The highest BCUT2D eigenvalue weighted by Crippen LogP contribution is 2.42. The van der Waals surface area contributed by atoms with Gasteiger partial charge in [-0.05, 0) is 31.0 Å². The summed E-state index contributed by atoms with van der Waals surface area (Å²) >= 11 is 0. The molecule has 7 nitrogen and oxygen atoms in total. The first-order valence-corrected chi connectivity index (χ1v) is 9.05. The van der Waals surface area contributed by atoms with Crippen molar-refractivity contribution >= 4 is 21.7 Å². The number of methoxy groups -OCH3 is 1. The van der Waals surface area contributed by atoms with Gasteiger partial charge >= 0.3 is 0 Å². The van der Waals surface area contributed by atoms with Gasteiger partial charge in [-0.1, -0.05) is 6.07 Å². The van der Waals surface area contributed by atoms with Gasteiger partial charge < -0.3 is 15.4 Å². The van der Waals surface area contributed by atoms with Gasteiger partial charge in [-0.25, -0.2) is 8.42 Å². The predicted molar refractivity (Wildman–Crippen MR) is 85.1 cm³/mol. The van der Waals surface area contributed by atoms with Gasteiger partial charge in [-0.2, -0.15) is 0 Å². The minimum absolute atomic E-state index is 0.0830. The molecule has 126 valence electrons. The number of benzene rings is 1. The molecule has 1 aliphatic rings. The van der Waals surface area contributed by atoms with Crippen LogP contribution in [-0.2, 0) is 14.6 Å². The maximum Gasteiger partial charge on any atom is 0.251 e. The lowest BCUT2D eigenvalue weighted by atomic mass is 10.2. The van der Waals surface area contributed by atoms with Crippen LogP contribution in [0.1, 0.15) is 23.2 Å². The molecule has 23 heavy (non-hydrogen) atoms. The van der Waals surface area contributed by atoms with E-state index < -0.39 is 26.4 Å². The summed E-state index contributed by atoms with van der Waals surface area (Å²) in [6.07, 6.45) is 2.29. The normalized spacial score (nSPS) is 15.6. The molecule has 2 amide bonds. The summed E-state index contributed by atoms with van der Waals surface area (Å²) < 4.78 is 27.4. The molecular formula is C15H20N2O5S. The fourth-order valence-electron chi connectivity index (χ4n) is 2.17. The number of carbonyl (C=O) groups is 2. The molecule has 2 rings (SSSR count).